The molecule has 1 saturated heterocycles. The Hall–Kier alpha value is -2.94. The number of nitriles is 1. The van der Waals surface area contributed by atoms with E-state index in [1.54, 1.807) is 22.8 Å². The summed E-state index contributed by atoms with van der Waals surface area (Å²) in [5, 5.41) is 23.6. The number of rotatable bonds is 3. The number of aromatic nitrogens is 2. The molecule has 9 heteroatoms. The Labute approximate surface area is 171 Å². The van der Waals surface area contributed by atoms with Gasteiger partial charge in [-0.2, -0.15) is 5.26 Å². The van der Waals surface area contributed by atoms with E-state index in [9.17, 15) is 9.90 Å². The zero-order valence-electron chi connectivity index (χ0n) is 14.7. The summed E-state index contributed by atoms with van der Waals surface area (Å²) < 4.78 is 2.88. The molecule has 0 saturated carbocycles. The highest BCUT2D eigenvalue weighted by Crippen LogP contribution is 2.48. The minimum atomic E-state index is -0.314. The largest absolute Gasteiger partial charge is 0.493 e. The Kier molecular flexibility index (Phi) is 4.54. The maximum atomic E-state index is 13.0. The fourth-order valence-corrected chi connectivity index (χ4v) is 4.55. The maximum Gasteiger partial charge on any atom is 0.336 e. The first-order chi connectivity index (χ1) is 13.5. The van der Waals surface area contributed by atoms with Gasteiger partial charge in [0.15, 0.2) is 5.11 Å². The molecule has 2 N–H and O–H groups in total. The second kappa shape index (κ2) is 6.90. The molecule has 7 nitrogen and oxygen atoms in total. The number of nitrogens with one attached hydrogen (secondary N) is 1. The van der Waals surface area contributed by atoms with Gasteiger partial charge in [-0.3, -0.25) is 4.57 Å². The van der Waals surface area contributed by atoms with Crippen molar-refractivity contribution in [2.24, 2.45) is 0 Å². The number of hydrogen-bond acceptors (Lipinski definition) is 4. The number of fused-ring (bicyclic) bond motifs is 5. The summed E-state index contributed by atoms with van der Waals surface area (Å²) in [5.41, 5.74) is 1.35. The minimum absolute atomic E-state index is 0.0708. The van der Waals surface area contributed by atoms with Crippen LogP contribution in [0.15, 0.2) is 23.0 Å². The summed E-state index contributed by atoms with van der Waals surface area (Å²) >= 11 is 11.6. The van der Waals surface area contributed by atoms with E-state index in [1.165, 1.54) is 4.57 Å². The lowest BCUT2D eigenvalue weighted by atomic mass is 10.1. The molecule has 0 unspecified atom stereocenters. The number of terminal acetylenes is 1. The third kappa shape index (κ3) is 2.65. The van der Waals surface area contributed by atoms with Gasteiger partial charge in [-0.1, -0.05) is 23.6 Å². The Morgan fingerprint density at radius 3 is 2.96 bits per heavy atom. The van der Waals surface area contributed by atoms with Gasteiger partial charge < -0.3 is 15.3 Å². The average molecular weight is 414 g/mol. The summed E-state index contributed by atoms with van der Waals surface area (Å²) in [7, 11) is 0. The number of hydrogen-bond donors (Lipinski definition) is 2. The topological polar surface area (TPSA) is 86.2 Å². The van der Waals surface area contributed by atoms with Gasteiger partial charge in [-0.25, -0.2) is 9.36 Å². The van der Waals surface area contributed by atoms with E-state index in [2.05, 4.69) is 11.2 Å². The lowest BCUT2D eigenvalue weighted by Crippen LogP contribution is -2.43. The van der Waals surface area contributed by atoms with Crippen LogP contribution in [0.2, 0.25) is 5.02 Å². The SMILES string of the molecule is C#CCNC(=S)N1C[C@@H]2C[C@H]1c1c(O)n(-c3ccc(CC#N)c(Cl)c3)c(=O)n12. The van der Waals surface area contributed by atoms with Crippen LogP contribution in [0.3, 0.4) is 0 Å². The molecular formula is C19H16ClN5O2S. The molecule has 28 heavy (non-hydrogen) atoms. The molecular weight excluding hydrogens is 398 g/mol. The molecule has 0 spiro atoms. The monoisotopic (exact) mass is 413 g/mol. The molecule has 2 aromatic rings. The predicted octanol–water partition coefficient (Wildman–Crippen LogP) is 1.87. The van der Waals surface area contributed by atoms with Crippen molar-refractivity contribution in [1.29, 1.82) is 5.26 Å². The molecule has 2 atom stereocenters. The summed E-state index contributed by atoms with van der Waals surface area (Å²) in [6.45, 7) is 0.902. The van der Waals surface area contributed by atoms with Crippen LogP contribution < -0.4 is 11.0 Å². The van der Waals surface area contributed by atoms with Crippen LogP contribution >= 0.6 is 23.8 Å². The molecule has 0 amide bonds. The van der Waals surface area contributed by atoms with E-state index in [0.29, 0.717) is 46.6 Å². The average Bonchev–Trinajstić information content (AvgIpc) is 3.33. The molecule has 0 radical (unpaired) electrons. The van der Waals surface area contributed by atoms with E-state index in [1.807, 2.05) is 11.0 Å². The number of likely N-dealkylation sites (tertiary alicyclic amines) is 1. The van der Waals surface area contributed by atoms with E-state index >= 15 is 0 Å². The molecule has 0 aliphatic carbocycles. The number of halogens is 1. The van der Waals surface area contributed by atoms with Crippen LogP contribution in [0.5, 0.6) is 5.88 Å². The molecule has 2 aliphatic heterocycles. The molecule has 142 valence electrons. The zero-order valence-corrected chi connectivity index (χ0v) is 16.3. The van der Waals surface area contributed by atoms with Crippen molar-refractivity contribution in [2.45, 2.75) is 24.9 Å². The Morgan fingerprint density at radius 2 is 2.29 bits per heavy atom. The molecule has 4 rings (SSSR count). The van der Waals surface area contributed by atoms with E-state index < -0.39 is 0 Å². The van der Waals surface area contributed by atoms with Crippen LogP contribution in [0.25, 0.3) is 5.69 Å². The van der Waals surface area contributed by atoms with Crippen molar-refractivity contribution in [3.05, 3.63) is 45.0 Å². The lowest BCUT2D eigenvalue weighted by molar-refractivity contribution is 0.334. The fraction of sp³-hybridized carbons (Fsp3) is 0.316. The summed E-state index contributed by atoms with van der Waals surface area (Å²) in [5.74, 6) is 2.36. The second-order valence-corrected chi connectivity index (χ2v) is 7.52. The van der Waals surface area contributed by atoms with Crippen LogP contribution in [0.4, 0.5) is 0 Å². The Balaban J connectivity index is 1.73. The van der Waals surface area contributed by atoms with E-state index in [4.69, 9.17) is 35.5 Å². The number of nitrogens with zero attached hydrogens (tertiary/aromatic N) is 4. The number of aromatic hydroxyl groups is 1. The third-order valence-electron chi connectivity index (χ3n) is 5.22. The van der Waals surface area contributed by atoms with E-state index in [-0.39, 0.29) is 30.1 Å². The van der Waals surface area contributed by atoms with Gasteiger partial charge in [0.1, 0.15) is 5.69 Å². The maximum absolute atomic E-state index is 13.0. The summed E-state index contributed by atoms with van der Waals surface area (Å²) in [6.07, 6.45) is 6.15. The van der Waals surface area contributed by atoms with Crippen molar-refractivity contribution in [3.63, 3.8) is 0 Å². The molecule has 2 aliphatic rings. The standard InChI is InChI=1S/C19H16ClN5O2S/c1-2-7-22-18(28)23-10-13-9-15(23)16-17(26)25(19(27)24(13)16)12-4-3-11(5-6-21)14(20)8-12/h1,3-4,8,13,15,26H,5,7,9-10H2,(H,22,28)/t13-,15-/m0/s1. The first-order valence-electron chi connectivity index (χ1n) is 8.67. The highest BCUT2D eigenvalue weighted by molar-refractivity contribution is 7.80. The first-order valence-corrected chi connectivity index (χ1v) is 9.46. The zero-order chi connectivity index (χ0) is 20.0. The normalized spacial score (nSPS) is 19.2. The smallest absolute Gasteiger partial charge is 0.336 e. The number of benzene rings is 1. The van der Waals surface area contributed by atoms with E-state index in [0.717, 1.165) is 0 Å². The van der Waals surface area contributed by atoms with Gasteiger partial charge >= 0.3 is 5.69 Å². The Bertz CT molecular complexity index is 1120. The quantitative estimate of drug-likeness (QED) is 0.590. The van der Waals surface area contributed by atoms with Gasteiger partial charge in [0, 0.05) is 11.6 Å². The minimum Gasteiger partial charge on any atom is -0.493 e. The van der Waals surface area contributed by atoms with Gasteiger partial charge in [-0.15, -0.1) is 6.42 Å². The second-order valence-electron chi connectivity index (χ2n) is 6.73. The van der Waals surface area contributed by atoms with Gasteiger partial charge in [0.05, 0.1) is 36.8 Å². The van der Waals surface area contributed by atoms with Crippen LogP contribution in [-0.4, -0.2) is 37.3 Å². The van der Waals surface area contributed by atoms with Crippen LogP contribution in [-0.2, 0) is 6.42 Å². The molecule has 1 aromatic heterocycles. The fourth-order valence-electron chi connectivity index (χ4n) is 4.04. The Morgan fingerprint density at radius 1 is 1.50 bits per heavy atom. The first kappa shape index (κ1) is 18.4. The highest BCUT2D eigenvalue weighted by Gasteiger charge is 2.48. The highest BCUT2D eigenvalue weighted by atomic mass is 35.5. The van der Waals surface area contributed by atoms with Gasteiger partial charge in [0.2, 0.25) is 5.88 Å². The van der Waals surface area contributed by atoms with Crippen molar-refractivity contribution in [2.75, 3.05) is 13.1 Å². The molecule has 3 heterocycles. The lowest BCUT2D eigenvalue weighted by Gasteiger charge is -2.29. The summed E-state index contributed by atoms with van der Waals surface area (Å²) in [4.78, 5) is 15.0. The van der Waals surface area contributed by atoms with Gasteiger partial charge in [-0.05, 0) is 36.3 Å². The van der Waals surface area contributed by atoms with Crippen molar-refractivity contribution < 1.29 is 5.11 Å². The number of thiocarbonyl (C=S) groups is 1. The summed E-state index contributed by atoms with van der Waals surface area (Å²) in [6, 6.07) is 6.74. The van der Waals surface area contributed by atoms with Crippen molar-refractivity contribution in [3.8, 4) is 30.0 Å². The predicted molar refractivity (Wildman–Crippen MR) is 109 cm³/mol. The van der Waals surface area contributed by atoms with Crippen LogP contribution in [0, 0.1) is 23.7 Å². The molecule has 2 bridgehead atoms. The van der Waals surface area contributed by atoms with Crippen molar-refractivity contribution in [1.82, 2.24) is 19.4 Å². The number of imidazole rings is 1. The van der Waals surface area contributed by atoms with Crippen LogP contribution in [0.1, 0.15) is 29.8 Å². The van der Waals surface area contributed by atoms with Gasteiger partial charge in [0.25, 0.3) is 0 Å². The molecule has 1 fully saturated rings. The van der Waals surface area contributed by atoms with Crippen molar-refractivity contribution >= 4 is 28.9 Å². The molecule has 1 aromatic carbocycles. The third-order valence-corrected chi connectivity index (χ3v) is 5.96.